The number of aromatic amines is 1. The summed E-state index contributed by atoms with van der Waals surface area (Å²) in [4.78, 5) is 9.41. The summed E-state index contributed by atoms with van der Waals surface area (Å²) in [6.07, 6.45) is 10.1. The van der Waals surface area contributed by atoms with Gasteiger partial charge in [0.15, 0.2) is 0 Å². The van der Waals surface area contributed by atoms with E-state index < -0.39 is 10.2 Å². The summed E-state index contributed by atoms with van der Waals surface area (Å²) in [6.45, 7) is 16.6. The highest BCUT2D eigenvalue weighted by Gasteiger charge is 2.37. The van der Waals surface area contributed by atoms with Crippen molar-refractivity contribution in [3.05, 3.63) is 71.8 Å². The van der Waals surface area contributed by atoms with Gasteiger partial charge < -0.3 is 14.6 Å². The number of rotatable bonds is 10. The Hall–Kier alpha value is -2.97. The molecule has 0 unspecified atom stereocenters. The van der Waals surface area contributed by atoms with Crippen molar-refractivity contribution in [3.8, 4) is 6.07 Å². The zero-order valence-corrected chi connectivity index (χ0v) is 26.2. The number of hydrogen-bond donors (Lipinski definition) is 1. The maximum absolute atomic E-state index is 13.5. The van der Waals surface area contributed by atoms with Crippen LogP contribution in [0.1, 0.15) is 70.7 Å². The maximum atomic E-state index is 13.5. The fourth-order valence-electron chi connectivity index (χ4n) is 4.05. The lowest BCUT2D eigenvalue weighted by molar-refractivity contribution is 0.215. The lowest BCUT2D eigenvalue weighted by Crippen LogP contribution is -2.49. The zero-order valence-electron chi connectivity index (χ0n) is 25.4. The molecule has 1 aliphatic rings. The van der Waals surface area contributed by atoms with E-state index >= 15 is 0 Å². The number of H-pyrrole nitrogens is 1. The highest BCUT2D eigenvalue weighted by atomic mass is 32.2. The van der Waals surface area contributed by atoms with Crippen molar-refractivity contribution in [2.75, 3.05) is 38.8 Å². The van der Waals surface area contributed by atoms with Gasteiger partial charge >= 0.3 is 0 Å². The van der Waals surface area contributed by atoms with Gasteiger partial charge in [-0.1, -0.05) is 45.1 Å². The van der Waals surface area contributed by atoms with Gasteiger partial charge in [-0.05, 0) is 56.9 Å². The van der Waals surface area contributed by atoms with Gasteiger partial charge in [-0.25, -0.2) is 4.98 Å². The highest BCUT2D eigenvalue weighted by molar-refractivity contribution is 7.86. The minimum atomic E-state index is -3.69. The minimum absolute atomic E-state index is 0.207. The van der Waals surface area contributed by atoms with Gasteiger partial charge in [0.1, 0.15) is 0 Å². The second-order valence-corrected chi connectivity index (χ2v) is 11.4. The normalized spacial score (nSPS) is 15.4. The van der Waals surface area contributed by atoms with Crippen LogP contribution in [0.25, 0.3) is 0 Å². The summed E-state index contributed by atoms with van der Waals surface area (Å²) in [6, 6.07) is 7.37. The van der Waals surface area contributed by atoms with E-state index in [1.807, 2.05) is 33.8 Å². The quantitative estimate of drug-likeness (QED) is 0.369. The van der Waals surface area contributed by atoms with E-state index in [-0.39, 0.29) is 12.6 Å². The van der Waals surface area contributed by atoms with Crippen LogP contribution >= 0.6 is 0 Å². The SMILES string of the molecule is C/C=C\CC.C=C(CC)C[C@@H]1CN(Cc2cnc[nH]2)c2ccc(C#N)cc2CN1S(=O)(=O)N(C)CC.CCOC. The Morgan fingerprint density at radius 2 is 2.02 bits per heavy atom. The van der Waals surface area contributed by atoms with Gasteiger partial charge in [-0.15, -0.1) is 0 Å². The molecule has 0 saturated carbocycles. The van der Waals surface area contributed by atoms with Gasteiger partial charge in [0.05, 0.1) is 30.2 Å². The van der Waals surface area contributed by atoms with Crippen LogP contribution in [-0.4, -0.2) is 66.9 Å². The van der Waals surface area contributed by atoms with Gasteiger partial charge in [-0.3, -0.25) is 0 Å². The number of benzene rings is 1. The van der Waals surface area contributed by atoms with Gasteiger partial charge in [0, 0.05) is 58.3 Å². The van der Waals surface area contributed by atoms with E-state index in [9.17, 15) is 13.7 Å². The third-order valence-corrected chi connectivity index (χ3v) is 8.62. The fourth-order valence-corrected chi connectivity index (χ4v) is 5.55. The number of nitrogens with one attached hydrogen (secondary N) is 1. The predicted molar refractivity (Wildman–Crippen MR) is 164 cm³/mol. The number of nitriles is 1. The van der Waals surface area contributed by atoms with Crippen LogP contribution < -0.4 is 4.90 Å². The number of imidazole rings is 1. The summed E-state index contributed by atoms with van der Waals surface area (Å²) in [7, 11) is -0.412. The second-order valence-electron chi connectivity index (χ2n) is 9.40. The molecule has 40 heavy (non-hydrogen) atoms. The van der Waals surface area contributed by atoms with Crippen molar-refractivity contribution in [1.29, 1.82) is 5.26 Å². The van der Waals surface area contributed by atoms with E-state index in [4.69, 9.17) is 0 Å². The number of methoxy groups -OCH3 is 1. The number of fused-ring (bicyclic) bond motifs is 1. The molecule has 0 spiro atoms. The third-order valence-electron chi connectivity index (χ3n) is 6.55. The molecule has 0 radical (unpaired) electrons. The maximum Gasteiger partial charge on any atom is 0.282 e. The molecular formula is C30H48N6O3S. The van der Waals surface area contributed by atoms with Crippen molar-refractivity contribution in [3.63, 3.8) is 0 Å². The first-order chi connectivity index (χ1) is 19.1. The van der Waals surface area contributed by atoms with Crippen LogP contribution in [0, 0.1) is 11.3 Å². The smallest absolute Gasteiger partial charge is 0.282 e. The summed E-state index contributed by atoms with van der Waals surface area (Å²) >= 11 is 0. The standard InChI is InChI=1S/C22H30N6O2S.C5H10.C3H8O/c1-5-17(3)9-21-15-27(14-20-12-24-16-25-20)22-8-7-18(11-23)10-19(22)13-28(21)31(29,30)26(4)6-2;1-3-5-4-2;1-3-4-2/h7-8,10,12,16,21H,3,5-6,9,13-15H2,1-2,4H3,(H,24,25);3,5H,4H2,1-2H3;3H2,1-2H3/b;5-3-;/t21-;;/m1../s1. The lowest BCUT2D eigenvalue weighted by Gasteiger charge is -2.34. The molecule has 0 fully saturated rings. The molecule has 1 aromatic carbocycles. The van der Waals surface area contributed by atoms with Crippen LogP contribution in [0.4, 0.5) is 5.69 Å². The molecule has 1 aromatic heterocycles. The Morgan fingerprint density at radius 3 is 2.50 bits per heavy atom. The fraction of sp³-hybridized carbons (Fsp3) is 0.533. The van der Waals surface area contributed by atoms with Crippen molar-refractivity contribution in [2.24, 2.45) is 0 Å². The Bertz CT molecular complexity index is 1190. The van der Waals surface area contributed by atoms with E-state index in [1.54, 1.807) is 43.1 Å². The first kappa shape index (κ1) is 35.1. The topological polar surface area (TPSA) is 106 Å². The Kier molecular flexibility index (Phi) is 16.1. The summed E-state index contributed by atoms with van der Waals surface area (Å²) in [5, 5.41) is 9.41. The predicted octanol–water partition coefficient (Wildman–Crippen LogP) is 5.65. The first-order valence-corrected chi connectivity index (χ1v) is 15.3. The molecule has 1 aliphatic heterocycles. The lowest BCUT2D eigenvalue weighted by atomic mass is 10.1. The zero-order chi connectivity index (χ0) is 30.1. The van der Waals surface area contributed by atoms with Crippen LogP contribution in [0.2, 0.25) is 0 Å². The summed E-state index contributed by atoms with van der Waals surface area (Å²) in [5.41, 5.74) is 4.20. The number of allylic oxidation sites excluding steroid dienone is 2. The Balaban J connectivity index is 0.000000773. The van der Waals surface area contributed by atoms with Crippen LogP contribution in [0.3, 0.4) is 0 Å². The van der Waals surface area contributed by atoms with Gasteiger partial charge in [0.25, 0.3) is 10.2 Å². The molecule has 3 rings (SSSR count). The van der Waals surface area contributed by atoms with Crippen molar-refractivity contribution >= 4 is 15.9 Å². The molecule has 222 valence electrons. The Morgan fingerprint density at radius 1 is 1.32 bits per heavy atom. The molecule has 9 nitrogen and oxygen atoms in total. The molecule has 1 N–H and O–H groups in total. The first-order valence-electron chi connectivity index (χ1n) is 13.9. The molecule has 1 atom stereocenters. The number of ether oxygens (including phenoxy) is 1. The average molecular weight is 573 g/mol. The molecule has 0 bridgehead atoms. The van der Waals surface area contributed by atoms with Gasteiger partial charge in [-0.2, -0.15) is 22.3 Å². The van der Waals surface area contributed by atoms with E-state index in [2.05, 4.69) is 51.3 Å². The number of nitrogens with zero attached hydrogens (tertiary/aromatic N) is 5. The second kappa shape index (κ2) is 18.4. The van der Waals surface area contributed by atoms with E-state index in [0.29, 0.717) is 31.6 Å². The number of hydrogen-bond acceptors (Lipinski definition) is 6. The minimum Gasteiger partial charge on any atom is -0.385 e. The largest absolute Gasteiger partial charge is 0.385 e. The van der Waals surface area contributed by atoms with Crippen LogP contribution in [-0.2, 0) is 28.0 Å². The van der Waals surface area contributed by atoms with Crippen molar-refractivity contribution in [1.82, 2.24) is 18.6 Å². The molecule has 10 heteroatoms. The van der Waals surface area contributed by atoms with E-state index in [0.717, 1.165) is 42.0 Å². The number of aromatic nitrogens is 2. The van der Waals surface area contributed by atoms with Crippen molar-refractivity contribution in [2.45, 2.75) is 73.0 Å². The molecule has 0 aliphatic carbocycles. The Labute approximate surface area is 242 Å². The molecular weight excluding hydrogens is 524 g/mol. The molecule has 0 saturated heterocycles. The summed E-state index contributed by atoms with van der Waals surface area (Å²) < 4.78 is 34.4. The van der Waals surface area contributed by atoms with E-state index in [1.165, 1.54) is 4.31 Å². The van der Waals surface area contributed by atoms with Crippen molar-refractivity contribution < 1.29 is 13.2 Å². The molecule has 2 aromatic rings. The molecule has 0 amide bonds. The highest BCUT2D eigenvalue weighted by Crippen LogP contribution is 2.33. The molecule has 2 heterocycles. The van der Waals surface area contributed by atoms with Crippen LogP contribution in [0.15, 0.2) is 55.0 Å². The third kappa shape index (κ3) is 10.5. The average Bonchev–Trinajstić information content (AvgIpc) is 3.43. The van der Waals surface area contributed by atoms with Gasteiger partial charge in [0.2, 0.25) is 0 Å². The van der Waals surface area contributed by atoms with Crippen LogP contribution in [0.5, 0.6) is 0 Å². The monoisotopic (exact) mass is 572 g/mol. The number of anilines is 1. The summed E-state index contributed by atoms with van der Waals surface area (Å²) in [5.74, 6) is 0.